The second kappa shape index (κ2) is 7.20. The molecule has 0 spiro atoms. The van der Waals surface area contributed by atoms with Gasteiger partial charge in [0.05, 0.1) is 5.60 Å². The van der Waals surface area contributed by atoms with Crippen LogP contribution in [0.15, 0.2) is 0 Å². The van der Waals surface area contributed by atoms with Gasteiger partial charge in [0.25, 0.3) is 0 Å². The van der Waals surface area contributed by atoms with Gasteiger partial charge in [-0.15, -0.1) is 0 Å². The van der Waals surface area contributed by atoms with E-state index in [0.29, 0.717) is 13.2 Å². The Morgan fingerprint density at radius 3 is 2.33 bits per heavy atom. The highest BCUT2D eigenvalue weighted by molar-refractivity contribution is 5.80. The molecule has 18 heavy (non-hydrogen) atoms. The third-order valence-electron chi connectivity index (χ3n) is 2.39. The van der Waals surface area contributed by atoms with E-state index in [1.54, 1.807) is 13.8 Å². The first-order chi connectivity index (χ1) is 8.19. The molecule has 0 fully saturated rings. The fraction of sp³-hybridized carbons (Fsp3) is 0.833. The van der Waals surface area contributed by atoms with Crippen LogP contribution < -0.4 is 5.32 Å². The van der Waals surface area contributed by atoms with Gasteiger partial charge in [0.2, 0.25) is 0 Å². The molecule has 0 aliphatic carbocycles. The van der Waals surface area contributed by atoms with E-state index >= 15 is 0 Å². The third-order valence-corrected chi connectivity index (χ3v) is 2.39. The van der Waals surface area contributed by atoms with E-state index in [4.69, 9.17) is 9.84 Å². The minimum absolute atomic E-state index is 0.170. The molecule has 0 rings (SSSR count). The van der Waals surface area contributed by atoms with E-state index in [0.717, 1.165) is 0 Å². The molecule has 2 amide bonds. The van der Waals surface area contributed by atoms with Crippen LogP contribution >= 0.6 is 0 Å². The Hall–Kier alpha value is -1.30. The third kappa shape index (κ3) is 6.44. The van der Waals surface area contributed by atoms with Crippen LogP contribution in [-0.4, -0.2) is 53.3 Å². The monoisotopic (exact) mass is 260 g/mol. The number of carboxylic acid groups (broad SMARTS) is 1. The first-order valence-electron chi connectivity index (χ1n) is 6.10. The van der Waals surface area contributed by atoms with Gasteiger partial charge in [-0.25, -0.2) is 4.79 Å². The van der Waals surface area contributed by atoms with Crippen molar-refractivity contribution in [1.82, 2.24) is 10.2 Å². The summed E-state index contributed by atoms with van der Waals surface area (Å²) in [5.74, 6) is -1.03. The number of hydrogen-bond acceptors (Lipinski definition) is 3. The van der Waals surface area contributed by atoms with Crippen LogP contribution in [0, 0.1) is 0 Å². The van der Waals surface area contributed by atoms with E-state index < -0.39 is 11.6 Å². The standard InChI is InChI=1S/C12H24N2O4/c1-6-18-12(4,5)8-13-11(17)14(9(2)3)7-10(15)16/h9H,6-8H2,1-5H3,(H,13,17)(H,15,16). The topological polar surface area (TPSA) is 78.9 Å². The minimum atomic E-state index is -1.03. The maximum absolute atomic E-state index is 11.9. The second-order valence-corrected chi connectivity index (χ2v) is 4.97. The van der Waals surface area contributed by atoms with Crippen LogP contribution in [0.25, 0.3) is 0 Å². The molecule has 0 saturated heterocycles. The molecule has 0 radical (unpaired) electrons. The molecule has 6 heteroatoms. The van der Waals surface area contributed by atoms with Crippen molar-refractivity contribution >= 4 is 12.0 Å². The number of ether oxygens (including phenoxy) is 1. The molecule has 0 aliphatic rings. The predicted molar refractivity (Wildman–Crippen MR) is 68.6 cm³/mol. The van der Waals surface area contributed by atoms with Crippen molar-refractivity contribution in [2.75, 3.05) is 19.7 Å². The molecule has 0 saturated carbocycles. The molecule has 106 valence electrons. The van der Waals surface area contributed by atoms with Gasteiger partial charge in [0.15, 0.2) is 0 Å². The highest BCUT2D eigenvalue weighted by atomic mass is 16.5. The molecule has 0 heterocycles. The van der Waals surface area contributed by atoms with Gasteiger partial charge in [0.1, 0.15) is 6.54 Å². The van der Waals surface area contributed by atoms with Crippen molar-refractivity contribution in [2.45, 2.75) is 46.3 Å². The van der Waals surface area contributed by atoms with E-state index in [2.05, 4.69) is 5.32 Å². The Morgan fingerprint density at radius 1 is 1.39 bits per heavy atom. The Bertz CT molecular complexity index is 290. The summed E-state index contributed by atoms with van der Waals surface area (Å²) >= 11 is 0. The number of rotatable bonds is 7. The zero-order valence-corrected chi connectivity index (χ0v) is 11.8. The number of carbonyl (C=O) groups is 2. The normalized spacial score (nSPS) is 11.4. The van der Waals surface area contributed by atoms with E-state index in [1.165, 1.54) is 4.90 Å². The minimum Gasteiger partial charge on any atom is -0.480 e. The van der Waals surface area contributed by atoms with Gasteiger partial charge in [-0.3, -0.25) is 4.79 Å². The highest BCUT2D eigenvalue weighted by Gasteiger charge is 2.23. The van der Waals surface area contributed by atoms with Crippen LogP contribution in [0.2, 0.25) is 0 Å². The average molecular weight is 260 g/mol. The number of nitrogens with zero attached hydrogens (tertiary/aromatic N) is 1. The number of aliphatic carboxylic acids is 1. The number of hydrogen-bond donors (Lipinski definition) is 2. The Labute approximate surface area is 108 Å². The zero-order valence-electron chi connectivity index (χ0n) is 11.8. The predicted octanol–water partition coefficient (Wildman–Crippen LogP) is 1.31. The fourth-order valence-corrected chi connectivity index (χ4v) is 1.47. The number of carboxylic acids is 1. The second-order valence-electron chi connectivity index (χ2n) is 4.97. The van der Waals surface area contributed by atoms with E-state index in [9.17, 15) is 9.59 Å². The summed E-state index contributed by atoms with van der Waals surface area (Å²) in [5.41, 5.74) is -0.462. The number of carbonyl (C=O) groups excluding carboxylic acids is 1. The largest absolute Gasteiger partial charge is 0.480 e. The van der Waals surface area contributed by atoms with E-state index in [1.807, 2.05) is 20.8 Å². The first kappa shape index (κ1) is 16.7. The van der Waals surface area contributed by atoms with Crippen LogP contribution in [0.4, 0.5) is 4.79 Å². The quantitative estimate of drug-likeness (QED) is 0.723. The van der Waals surface area contributed by atoms with Gasteiger partial charge in [-0.1, -0.05) is 0 Å². The van der Waals surface area contributed by atoms with Gasteiger partial charge >= 0.3 is 12.0 Å². The van der Waals surface area contributed by atoms with Gasteiger partial charge < -0.3 is 20.1 Å². The molecule has 0 bridgehead atoms. The highest BCUT2D eigenvalue weighted by Crippen LogP contribution is 2.07. The lowest BCUT2D eigenvalue weighted by Crippen LogP contribution is -2.50. The average Bonchev–Trinajstić information content (AvgIpc) is 2.22. The van der Waals surface area contributed by atoms with Crippen LogP contribution in [0.1, 0.15) is 34.6 Å². The van der Waals surface area contributed by atoms with Gasteiger partial charge in [-0.2, -0.15) is 0 Å². The lowest BCUT2D eigenvalue weighted by atomic mass is 10.1. The van der Waals surface area contributed by atoms with Crippen molar-refractivity contribution in [1.29, 1.82) is 0 Å². The molecule has 0 aromatic rings. The fourth-order valence-electron chi connectivity index (χ4n) is 1.47. The molecule has 6 nitrogen and oxygen atoms in total. The van der Waals surface area contributed by atoms with Crippen molar-refractivity contribution < 1.29 is 19.4 Å². The number of amides is 2. The van der Waals surface area contributed by atoms with Gasteiger partial charge in [-0.05, 0) is 34.6 Å². The molecule has 2 N–H and O–H groups in total. The summed E-state index contributed by atoms with van der Waals surface area (Å²) in [5, 5.41) is 11.4. The van der Waals surface area contributed by atoms with Crippen molar-refractivity contribution in [2.24, 2.45) is 0 Å². The number of urea groups is 1. The smallest absolute Gasteiger partial charge is 0.323 e. The van der Waals surface area contributed by atoms with Crippen LogP contribution in [-0.2, 0) is 9.53 Å². The molecular formula is C12H24N2O4. The Morgan fingerprint density at radius 2 is 1.94 bits per heavy atom. The number of nitrogens with one attached hydrogen (secondary N) is 1. The molecule has 0 unspecified atom stereocenters. The van der Waals surface area contributed by atoms with Gasteiger partial charge in [0, 0.05) is 19.2 Å². The summed E-state index contributed by atoms with van der Waals surface area (Å²) in [6, 6.07) is -0.559. The van der Waals surface area contributed by atoms with Crippen molar-refractivity contribution in [3.63, 3.8) is 0 Å². The summed E-state index contributed by atoms with van der Waals surface area (Å²) in [6.07, 6.45) is 0. The Balaban J connectivity index is 4.39. The van der Waals surface area contributed by atoms with Crippen molar-refractivity contribution in [3.8, 4) is 0 Å². The maximum atomic E-state index is 11.9. The van der Waals surface area contributed by atoms with Crippen LogP contribution in [0.5, 0.6) is 0 Å². The van der Waals surface area contributed by atoms with Crippen LogP contribution in [0.3, 0.4) is 0 Å². The SMILES string of the molecule is CCOC(C)(C)CNC(=O)N(CC(=O)O)C(C)C. The summed E-state index contributed by atoms with van der Waals surface area (Å²) in [7, 11) is 0. The molecule has 0 atom stereocenters. The van der Waals surface area contributed by atoms with E-state index in [-0.39, 0.29) is 18.6 Å². The zero-order chi connectivity index (χ0) is 14.3. The maximum Gasteiger partial charge on any atom is 0.323 e. The van der Waals surface area contributed by atoms with Crippen molar-refractivity contribution in [3.05, 3.63) is 0 Å². The summed E-state index contributed by atoms with van der Waals surface area (Å²) in [4.78, 5) is 23.8. The summed E-state index contributed by atoms with van der Waals surface area (Å²) < 4.78 is 5.45. The molecule has 0 aromatic carbocycles. The lowest BCUT2D eigenvalue weighted by Gasteiger charge is -2.29. The lowest BCUT2D eigenvalue weighted by molar-refractivity contribution is -0.138. The first-order valence-corrected chi connectivity index (χ1v) is 6.10. The molecule has 0 aliphatic heterocycles. The molecular weight excluding hydrogens is 236 g/mol. The molecule has 0 aromatic heterocycles. The summed E-state index contributed by atoms with van der Waals surface area (Å²) in [6.45, 7) is 9.76. The Kier molecular flexibility index (Phi) is 6.68.